The molecule has 0 radical (unpaired) electrons. The summed E-state index contributed by atoms with van der Waals surface area (Å²) in [5.74, 6) is 1.36. The third-order valence-electron chi connectivity index (χ3n) is 2.27. The lowest BCUT2D eigenvalue weighted by Gasteiger charge is -2.05. The van der Waals surface area contributed by atoms with Crippen LogP contribution in [0.4, 0.5) is 4.39 Å². The van der Waals surface area contributed by atoms with Crippen LogP contribution >= 0.6 is 11.8 Å². The Morgan fingerprint density at radius 1 is 1.33 bits per heavy atom. The van der Waals surface area contributed by atoms with Crippen LogP contribution in [0.1, 0.15) is 6.42 Å². The van der Waals surface area contributed by atoms with E-state index >= 15 is 0 Å². The van der Waals surface area contributed by atoms with Gasteiger partial charge in [0.15, 0.2) is 5.16 Å². The zero-order chi connectivity index (χ0) is 12.8. The monoisotopic (exact) mass is 267 g/mol. The molecule has 96 valence electrons. The summed E-state index contributed by atoms with van der Waals surface area (Å²) in [6.45, 7) is 0.608. The molecule has 18 heavy (non-hydrogen) atoms. The Labute approximate surface area is 109 Å². The number of thioether (sulfide) groups is 1. The Morgan fingerprint density at radius 3 is 2.78 bits per heavy atom. The standard InChI is InChI=1S/C12H14FN3OS/c1-16-9-14-15-12(16)18-8-2-7-17-11-5-3-10(13)4-6-11/h3-6,9H,2,7-8H2,1H3. The molecule has 1 aromatic carbocycles. The van der Waals surface area contributed by atoms with Crippen molar-refractivity contribution in [1.29, 1.82) is 0 Å². The van der Waals surface area contributed by atoms with E-state index in [2.05, 4.69) is 10.2 Å². The van der Waals surface area contributed by atoms with Crippen LogP contribution in [0.15, 0.2) is 35.7 Å². The number of benzene rings is 1. The quantitative estimate of drug-likeness (QED) is 0.595. The van der Waals surface area contributed by atoms with Crippen LogP contribution in [-0.4, -0.2) is 27.1 Å². The van der Waals surface area contributed by atoms with E-state index in [1.54, 1.807) is 30.2 Å². The third-order valence-corrected chi connectivity index (χ3v) is 3.39. The molecule has 0 aliphatic heterocycles. The summed E-state index contributed by atoms with van der Waals surface area (Å²) in [5, 5.41) is 8.68. The molecule has 1 aromatic heterocycles. The highest BCUT2D eigenvalue weighted by Crippen LogP contribution is 2.15. The van der Waals surface area contributed by atoms with E-state index in [1.165, 1.54) is 12.1 Å². The molecule has 4 nitrogen and oxygen atoms in total. The topological polar surface area (TPSA) is 39.9 Å². The number of nitrogens with zero attached hydrogens (tertiary/aromatic N) is 3. The molecule has 0 aliphatic rings. The van der Waals surface area contributed by atoms with E-state index < -0.39 is 0 Å². The second-order valence-corrected chi connectivity index (χ2v) is 4.79. The average molecular weight is 267 g/mol. The maximum absolute atomic E-state index is 12.7. The minimum atomic E-state index is -0.250. The summed E-state index contributed by atoms with van der Waals surface area (Å²) in [6.07, 6.45) is 2.58. The smallest absolute Gasteiger partial charge is 0.190 e. The zero-order valence-electron chi connectivity index (χ0n) is 10.0. The van der Waals surface area contributed by atoms with E-state index in [1.807, 2.05) is 11.6 Å². The van der Waals surface area contributed by atoms with Gasteiger partial charge in [-0.25, -0.2) is 4.39 Å². The first kappa shape index (κ1) is 12.9. The summed E-state index contributed by atoms with van der Waals surface area (Å²) >= 11 is 1.64. The van der Waals surface area contributed by atoms with Crippen LogP contribution in [0.3, 0.4) is 0 Å². The van der Waals surface area contributed by atoms with Gasteiger partial charge in [-0.15, -0.1) is 10.2 Å². The van der Waals surface area contributed by atoms with Gasteiger partial charge in [0.05, 0.1) is 6.61 Å². The zero-order valence-corrected chi connectivity index (χ0v) is 10.9. The predicted octanol–water partition coefficient (Wildman–Crippen LogP) is 2.52. The molecule has 0 spiro atoms. The number of hydrogen-bond donors (Lipinski definition) is 0. The van der Waals surface area contributed by atoms with Gasteiger partial charge in [0.2, 0.25) is 0 Å². The Hall–Kier alpha value is -1.56. The minimum Gasteiger partial charge on any atom is -0.494 e. The first-order valence-electron chi connectivity index (χ1n) is 5.61. The Kier molecular flexibility index (Phi) is 4.58. The molecule has 0 saturated carbocycles. The van der Waals surface area contributed by atoms with E-state index in [-0.39, 0.29) is 5.82 Å². The second kappa shape index (κ2) is 6.39. The van der Waals surface area contributed by atoms with Crippen molar-refractivity contribution in [2.24, 2.45) is 7.05 Å². The summed E-state index contributed by atoms with van der Waals surface area (Å²) in [4.78, 5) is 0. The number of halogens is 1. The van der Waals surface area contributed by atoms with Crippen molar-refractivity contribution in [3.05, 3.63) is 36.4 Å². The first-order valence-corrected chi connectivity index (χ1v) is 6.59. The molecule has 0 saturated heterocycles. The first-order chi connectivity index (χ1) is 8.75. The van der Waals surface area contributed by atoms with E-state index in [4.69, 9.17) is 4.74 Å². The van der Waals surface area contributed by atoms with Gasteiger partial charge >= 0.3 is 0 Å². The van der Waals surface area contributed by atoms with E-state index in [9.17, 15) is 4.39 Å². The Balaban J connectivity index is 1.64. The van der Waals surface area contributed by atoms with Gasteiger partial charge in [-0.2, -0.15) is 0 Å². The van der Waals surface area contributed by atoms with Gasteiger partial charge in [-0.05, 0) is 30.7 Å². The van der Waals surface area contributed by atoms with Crippen LogP contribution in [-0.2, 0) is 7.05 Å². The highest BCUT2D eigenvalue weighted by molar-refractivity contribution is 7.99. The van der Waals surface area contributed by atoms with Gasteiger partial charge < -0.3 is 9.30 Å². The molecule has 0 fully saturated rings. The number of hydrogen-bond acceptors (Lipinski definition) is 4. The molecule has 0 N–H and O–H groups in total. The van der Waals surface area contributed by atoms with Gasteiger partial charge in [-0.1, -0.05) is 11.8 Å². The number of aromatic nitrogens is 3. The van der Waals surface area contributed by atoms with Crippen LogP contribution in [0, 0.1) is 5.82 Å². The molecule has 0 atom stereocenters. The minimum absolute atomic E-state index is 0.250. The SMILES string of the molecule is Cn1cnnc1SCCCOc1ccc(F)cc1. The van der Waals surface area contributed by atoms with Crippen LogP contribution in [0.2, 0.25) is 0 Å². The maximum Gasteiger partial charge on any atom is 0.190 e. The number of ether oxygens (including phenoxy) is 1. The molecule has 0 unspecified atom stereocenters. The Morgan fingerprint density at radius 2 is 2.11 bits per heavy atom. The van der Waals surface area contributed by atoms with E-state index in [0.717, 1.165) is 17.3 Å². The molecule has 2 rings (SSSR count). The number of rotatable bonds is 6. The molecule has 0 aliphatic carbocycles. The van der Waals surface area contributed by atoms with Crippen molar-refractivity contribution in [2.75, 3.05) is 12.4 Å². The van der Waals surface area contributed by atoms with Crippen molar-refractivity contribution in [3.63, 3.8) is 0 Å². The molecule has 0 amide bonds. The van der Waals surface area contributed by atoms with Crippen molar-refractivity contribution >= 4 is 11.8 Å². The Bertz CT molecular complexity index is 486. The van der Waals surface area contributed by atoms with Gasteiger partial charge in [0.25, 0.3) is 0 Å². The molecular weight excluding hydrogens is 253 g/mol. The highest BCUT2D eigenvalue weighted by atomic mass is 32.2. The largest absolute Gasteiger partial charge is 0.494 e. The molecule has 0 bridgehead atoms. The molecule has 6 heteroatoms. The van der Waals surface area contributed by atoms with Gasteiger partial charge in [-0.3, -0.25) is 0 Å². The van der Waals surface area contributed by atoms with Crippen molar-refractivity contribution in [2.45, 2.75) is 11.6 Å². The fourth-order valence-electron chi connectivity index (χ4n) is 1.35. The fourth-order valence-corrected chi connectivity index (χ4v) is 2.15. The lowest BCUT2D eigenvalue weighted by Crippen LogP contribution is -1.99. The van der Waals surface area contributed by atoms with Crippen LogP contribution in [0.5, 0.6) is 5.75 Å². The fraction of sp³-hybridized carbons (Fsp3) is 0.333. The van der Waals surface area contributed by atoms with Crippen molar-refractivity contribution in [3.8, 4) is 5.75 Å². The molecule has 2 aromatic rings. The number of aryl methyl sites for hydroxylation is 1. The normalized spacial score (nSPS) is 10.6. The summed E-state index contributed by atoms with van der Waals surface area (Å²) < 4.78 is 20.0. The highest BCUT2D eigenvalue weighted by Gasteiger charge is 2.01. The van der Waals surface area contributed by atoms with Crippen molar-refractivity contribution in [1.82, 2.24) is 14.8 Å². The van der Waals surface area contributed by atoms with Crippen LogP contribution in [0.25, 0.3) is 0 Å². The molecule has 1 heterocycles. The summed E-state index contributed by atoms with van der Waals surface area (Å²) in [7, 11) is 1.91. The average Bonchev–Trinajstić information content (AvgIpc) is 2.77. The van der Waals surface area contributed by atoms with E-state index in [0.29, 0.717) is 12.4 Å². The van der Waals surface area contributed by atoms with Crippen LogP contribution < -0.4 is 4.74 Å². The summed E-state index contributed by atoms with van der Waals surface area (Å²) in [5.41, 5.74) is 0. The molecular formula is C12H14FN3OS. The van der Waals surface area contributed by atoms with Gasteiger partial charge in [0, 0.05) is 12.8 Å². The third kappa shape index (κ3) is 3.73. The predicted molar refractivity (Wildman–Crippen MR) is 68.2 cm³/mol. The van der Waals surface area contributed by atoms with Gasteiger partial charge in [0.1, 0.15) is 17.9 Å². The maximum atomic E-state index is 12.7. The lowest BCUT2D eigenvalue weighted by atomic mass is 10.3. The summed E-state index contributed by atoms with van der Waals surface area (Å²) in [6, 6.07) is 6.05. The second-order valence-electron chi connectivity index (χ2n) is 3.73. The lowest BCUT2D eigenvalue weighted by molar-refractivity contribution is 0.318. The van der Waals surface area contributed by atoms with Crippen molar-refractivity contribution < 1.29 is 9.13 Å².